The molecule has 106 valence electrons. The Morgan fingerprint density at radius 2 is 2.30 bits per heavy atom. The molecule has 3 rings (SSSR count). The number of halogens is 1. The van der Waals surface area contributed by atoms with E-state index in [1.165, 1.54) is 18.4 Å². The summed E-state index contributed by atoms with van der Waals surface area (Å²) in [6.45, 7) is 1.64. The molecule has 0 aliphatic heterocycles. The average molecular weight is 336 g/mol. The highest BCUT2D eigenvalue weighted by molar-refractivity contribution is 9.10. The second-order valence-electron chi connectivity index (χ2n) is 5.15. The fourth-order valence-corrected chi connectivity index (χ4v) is 2.49. The fraction of sp³-hybridized carbons (Fsp3) is 0.400. The molecule has 1 N–H and O–H groups in total. The van der Waals surface area contributed by atoms with E-state index in [0.717, 1.165) is 29.0 Å². The van der Waals surface area contributed by atoms with Crippen molar-refractivity contribution in [1.82, 2.24) is 14.9 Å². The van der Waals surface area contributed by atoms with Crippen molar-refractivity contribution in [2.75, 3.05) is 7.11 Å². The summed E-state index contributed by atoms with van der Waals surface area (Å²) in [6.07, 6.45) is 6.59. The first-order chi connectivity index (χ1) is 9.74. The Bertz CT molecular complexity index is 593. The Kier molecular flexibility index (Phi) is 4.08. The first-order valence-electron chi connectivity index (χ1n) is 6.81. The molecule has 1 fully saturated rings. The summed E-state index contributed by atoms with van der Waals surface area (Å²) in [4.78, 5) is 4.44. The SMILES string of the molecule is COc1ccc(Br)c(Cn2cnc(CNC3CC3)c2)c1. The highest BCUT2D eigenvalue weighted by Crippen LogP contribution is 2.23. The lowest BCUT2D eigenvalue weighted by molar-refractivity contribution is 0.414. The number of nitrogens with zero attached hydrogens (tertiary/aromatic N) is 2. The maximum absolute atomic E-state index is 5.27. The Morgan fingerprint density at radius 1 is 1.45 bits per heavy atom. The topological polar surface area (TPSA) is 39.1 Å². The van der Waals surface area contributed by atoms with Crippen LogP contribution < -0.4 is 10.1 Å². The number of aromatic nitrogens is 2. The Hall–Kier alpha value is -1.33. The van der Waals surface area contributed by atoms with Gasteiger partial charge in [-0.05, 0) is 36.6 Å². The molecular formula is C15H18BrN3O. The summed E-state index contributed by atoms with van der Waals surface area (Å²) >= 11 is 3.58. The van der Waals surface area contributed by atoms with E-state index >= 15 is 0 Å². The molecule has 1 aliphatic rings. The molecule has 5 heteroatoms. The van der Waals surface area contributed by atoms with E-state index in [4.69, 9.17) is 4.74 Å². The lowest BCUT2D eigenvalue weighted by Gasteiger charge is -2.08. The first-order valence-corrected chi connectivity index (χ1v) is 7.60. The number of rotatable bonds is 6. The molecule has 1 saturated carbocycles. The molecule has 1 aromatic heterocycles. The van der Waals surface area contributed by atoms with Crippen LogP contribution in [0.25, 0.3) is 0 Å². The van der Waals surface area contributed by atoms with Crippen LogP contribution in [0.3, 0.4) is 0 Å². The minimum Gasteiger partial charge on any atom is -0.497 e. The van der Waals surface area contributed by atoms with Crippen LogP contribution in [-0.2, 0) is 13.1 Å². The van der Waals surface area contributed by atoms with E-state index in [1.807, 2.05) is 24.5 Å². The Labute approximate surface area is 127 Å². The second-order valence-corrected chi connectivity index (χ2v) is 6.00. The van der Waals surface area contributed by atoms with Crippen molar-refractivity contribution in [3.8, 4) is 5.75 Å². The van der Waals surface area contributed by atoms with Crippen LogP contribution in [0.15, 0.2) is 35.2 Å². The van der Waals surface area contributed by atoms with Gasteiger partial charge in [0.05, 0.1) is 19.1 Å². The highest BCUT2D eigenvalue weighted by Gasteiger charge is 2.20. The summed E-state index contributed by atoms with van der Waals surface area (Å²) in [5.41, 5.74) is 2.28. The quantitative estimate of drug-likeness (QED) is 0.882. The molecule has 1 heterocycles. The zero-order chi connectivity index (χ0) is 13.9. The minimum atomic E-state index is 0.715. The van der Waals surface area contributed by atoms with Crippen LogP contribution in [0.5, 0.6) is 5.75 Å². The molecule has 0 bridgehead atoms. The molecule has 0 atom stereocenters. The molecule has 20 heavy (non-hydrogen) atoms. The van der Waals surface area contributed by atoms with Crippen molar-refractivity contribution >= 4 is 15.9 Å². The predicted molar refractivity (Wildman–Crippen MR) is 81.9 cm³/mol. The number of hydrogen-bond donors (Lipinski definition) is 1. The number of methoxy groups -OCH3 is 1. The number of imidazole rings is 1. The monoisotopic (exact) mass is 335 g/mol. The summed E-state index contributed by atoms with van der Waals surface area (Å²) < 4.78 is 8.46. The van der Waals surface area contributed by atoms with Gasteiger partial charge in [-0.3, -0.25) is 0 Å². The standard InChI is InChI=1S/C15H18BrN3O/c1-20-14-4-5-15(16)11(6-14)8-19-9-13(18-10-19)7-17-12-2-3-12/h4-6,9-10,12,17H,2-3,7-8H2,1H3. The van der Waals surface area contributed by atoms with Crippen LogP contribution >= 0.6 is 15.9 Å². The van der Waals surface area contributed by atoms with Gasteiger partial charge in [0.1, 0.15) is 5.75 Å². The van der Waals surface area contributed by atoms with E-state index < -0.39 is 0 Å². The first kappa shape index (κ1) is 13.6. The van der Waals surface area contributed by atoms with Gasteiger partial charge in [-0.1, -0.05) is 15.9 Å². The predicted octanol–water partition coefficient (Wildman–Crippen LogP) is 2.95. The van der Waals surface area contributed by atoms with E-state index in [9.17, 15) is 0 Å². The minimum absolute atomic E-state index is 0.715. The maximum Gasteiger partial charge on any atom is 0.119 e. The van der Waals surface area contributed by atoms with Crippen molar-refractivity contribution in [3.63, 3.8) is 0 Å². The third-order valence-corrected chi connectivity index (χ3v) is 4.22. The number of nitrogens with one attached hydrogen (secondary N) is 1. The van der Waals surface area contributed by atoms with Crippen molar-refractivity contribution in [2.45, 2.75) is 32.0 Å². The van der Waals surface area contributed by atoms with Crippen LogP contribution in [0.1, 0.15) is 24.1 Å². The van der Waals surface area contributed by atoms with Gasteiger partial charge in [-0.2, -0.15) is 0 Å². The van der Waals surface area contributed by atoms with Crippen molar-refractivity contribution in [2.24, 2.45) is 0 Å². The lowest BCUT2D eigenvalue weighted by Crippen LogP contribution is -2.15. The largest absolute Gasteiger partial charge is 0.497 e. The van der Waals surface area contributed by atoms with Gasteiger partial charge in [0.15, 0.2) is 0 Å². The smallest absolute Gasteiger partial charge is 0.119 e. The molecule has 0 saturated heterocycles. The van der Waals surface area contributed by atoms with Crippen molar-refractivity contribution in [1.29, 1.82) is 0 Å². The molecule has 0 unspecified atom stereocenters. The molecule has 0 amide bonds. The maximum atomic E-state index is 5.27. The zero-order valence-corrected chi connectivity index (χ0v) is 13.1. The third-order valence-electron chi connectivity index (χ3n) is 3.44. The van der Waals surface area contributed by atoms with Gasteiger partial charge in [0.2, 0.25) is 0 Å². The van der Waals surface area contributed by atoms with E-state index in [2.05, 4.69) is 37.0 Å². The molecule has 2 aromatic rings. The van der Waals surface area contributed by atoms with Crippen LogP contribution in [-0.4, -0.2) is 22.7 Å². The molecule has 4 nitrogen and oxygen atoms in total. The normalized spacial score (nSPS) is 14.5. The Morgan fingerprint density at radius 3 is 3.05 bits per heavy atom. The van der Waals surface area contributed by atoms with Gasteiger partial charge in [0.25, 0.3) is 0 Å². The van der Waals surface area contributed by atoms with Crippen molar-refractivity contribution < 1.29 is 4.74 Å². The van der Waals surface area contributed by atoms with Crippen LogP contribution in [0.2, 0.25) is 0 Å². The van der Waals surface area contributed by atoms with Gasteiger partial charge in [0, 0.05) is 29.8 Å². The number of hydrogen-bond acceptors (Lipinski definition) is 3. The van der Waals surface area contributed by atoms with Crippen LogP contribution in [0, 0.1) is 0 Å². The summed E-state index contributed by atoms with van der Waals surface area (Å²) in [5, 5.41) is 3.47. The fourth-order valence-electron chi connectivity index (χ4n) is 2.12. The number of ether oxygens (including phenoxy) is 1. The highest BCUT2D eigenvalue weighted by atomic mass is 79.9. The molecule has 1 aromatic carbocycles. The molecular weight excluding hydrogens is 318 g/mol. The molecule has 0 radical (unpaired) electrons. The van der Waals surface area contributed by atoms with Gasteiger partial charge >= 0.3 is 0 Å². The molecule has 0 spiro atoms. The average Bonchev–Trinajstić information content (AvgIpc) is 3.19. The summed E-state index contributed by atoms with van der Waals surface area (Å²) in [7, 11) is 1.69. The number of benzene rings is 1. The second kappa shape index (κ2) is 5.97. The third kappa shape index (κ3) is 3.41. The lowest BCUT2D eigenvalue weighted by atomic mass is 10.2. The zero-order valence-electron chi connectivity index (χ0n) is 11.5. The van der Waals surface area contributed by atoms with Crippen LogP contribution in [0.4, 0.5) is 0 Å². The Balaban J connectivity index is 1.67. The van der Waals surface area contributed by atoms with Crippen molar-refractivity contribution in [3.05, 3.63) is 46.5 Å². The molecule has 1 aliphatic carbocycles. The van der Waals surface area contributed by atoms with Gasteiger partial charge in [-0.25, -0.2) is 4.98 Å². The van der Waals surface area contributed by atoms with E-state index in [-0.39, 0.29) is 0 Å². The van der Waals surface area contributed by atoms with E-state index in [0.29, 0.717) is 6.04 Å². The summed E-state index contributed by atoms with van der Waals surface area (Å²) in [6, 6.07) is 6.73. The van der Waals surface area contributed by atoms with Gasteiger partial charge in [-0.15, -0.1) is 0 Å². The summed E-state index contributed by atoms with van der Waals surface area (Å²) in [5.74, 6) is 0.874. The van der Waals surface area contributed by atoms with E-state index in [1.54, 1.807) is 7.11 Å². The van der Waals surface area contributed by atoms with Gasteiger partial charge < -0.3 is 14.6 Å².